The fraction of sp³-hybridized carbons (Fsp3) is 0.421. The van der Waals surface area contributed by atoms with E-state index in [-0.39, 0.29) is 22.4 Å². The molecule has 1 N–H and O–H groups in total. The Hall–Kier alpha value is -2.84. The largest absolute Gasteiger partial charge is 0.432 e. The molecule has 6 nitrogen and oxygen atoms in total. The second-order valence-corrected chi connectivity index (χ2v) is 7.12. The van der Waals surface area contributed by atoms with Gasteiger partial charge in [0.1, 0.15) is 6.04 Å². The number of carbonyl (C=O) groups is 2. The lowest BCUT2D eigenvalue weighted by atomic mass is 10.1. The molecule has 1 atom stereocenters. The number of carbonyl (C=O) groups excluding carboxylic acids is 2. The van der Waals surface area contributed by atoms with Crippen molar-refractivity contribution in [2.75, 3.05) is 13.1 Å². The molecule has 0 unspecified atom stereocenters. The highest BCUT2D eigenvalue weighted by molar-refractivity contribution is 6.00. The number of halogens is 3. The zero-order valence-electron chi connectivity index (χ0n) is 14.8. The smallest absolute Gasteiger partial charge is 0.387 e. The molecule has 2 fully saturated rings. The van der Waals surface area contributed by atoms with Gasteiger partial charge in [0.25, 0.3) is 5.91 Å². The monoisotopic (exact) mass is 393 g/mol. The van der Waals surface area contributed by atoms with E-state index >= 15 is 0 Å². The number of nitrogens with zero attached hydrogens (tertiary/aromatic N) is 2. The molecule has 1 saturated heterocycles. The number of benzene rings is 1. The Bertz CT molecular complexity index is 933. The van der Waals surface area contributed by atoms with Crippen LogP contribution in [0.25, 0.3) is 10.9 Å². The number of alkyl halides is 2. The number of amides is 2. The van der Waals surface area contributed by atoms with Crippen LogP contribution in [0.15, 0.2) is 24.4 Å². The first-order chi connectivity index (χ1) is 13.4. The molecule has 1 aliphatic heterocycles. The number of rotatable bonds is 6. The van der Waals surface area contributed by atoms with Crippen molar-refractivity contribution in [2.24, 2.45) is 5.92 Å². The van der Waals surface area contributed by atoms with Crippen LogP contribution in [-0.4, -0.2) is 47.4 Å². The molecule has 0 spiro atoms. The Morgan fingerprint density at radius 1 is 1.29 bits per heavy atom. The van der Waals surface area contributed by atoms with Gasteiger partial charge in [-0.1, -0.05) is 0 Å². The summed E-state index contributed by atoms with van der Waals surface area (Å²) in [5.74, 6) is -1.59. The Labute approximate surface area is 158 Å². The molecule has 2 aromatic rings. The Morgan fingerprint density at radius 3 is 2.79 bits per heavy atom. The highest BCUT2D eigenvalue weighted by Crippen LogP contribution is 2.31. The van der Waals surface area contributed by atoms with Crippen LogP contribution in [0.3, 0.4) is 0 Å². The lowest BCUT2D eigenvalue weighted by Crippen LogP contribution is -2.42. The molecule has 1 aliphatic carbocycles. The molecular formula is C19H18F3N3O3. The van der Waals surface area contributed by atoms with Gasteiger partial charge in [-0.05, 0) is 37.3 Å². The number of likely N-dealkylation sites (tertiary alicyclic amines) is 1. The molecule has 1 saturated carbocycles. The van der Waals surface area contributed by atoms with Crippen LogP contribution in [-0.2, 0) is 4.79 Å². The quantitative estimate of drug-likeness (QED) is 0.819. The highest BCUT2D eigenvalue weighted by atomic mass is 19.3. The molecule has 148 valence electrons. The standard InChI is InChI=1S/C19H18F3N3O3/c20-13-6-11-5-12(8-23-15(11)7-16(13)28-19(21)22)17(26)24-14-3-4-25(18(14)27)9-10-1-2-10/h5-8,10,14,19H,1-4,9H2,(H,24,26)/t14-/m0/s1. The van der Waals surface area contributed by atoms with E-state index < -0.39 is 30.1 Å². The van der Waals surface area contributed by atoms with E-state index in [9.17, 15) is 22.8 Å². The van der Waals surface area contributed by atoms with Crippen LogP contribution in [0, 0.1) is 11.7 Å². The van der Waals surface area contributed by atoms with Crippen LogP contribution < -0.4 is 10.1 Å². The Kier molecular flexibility index (Phi) is 4.82. The van der Waals surface area contributed by atoms with Crippen molar-refractivity contribution in [1.29, 1.82) is 0 Å². The lowest BCUT2D eigenvalue weighted by Gasteiger charge is -2.16. The lowest BCUT2D eigenvalue weighted by molar-refractivity contribution is -0.129. The van der Waals surface area contributed by atoms with Crippen molar-refractivity contribution in [3.8, 4) is 5.75 Å². The zero-order valence-corrected chi connectivity index (χ0v) is 14.8. The third-order valence-electron chi connectivity index (χ3n) is 4.99. The van der Waals surface area contributed by atoms with Gasteiger partial charge >= 0.3 is 6.61 Å². The first-order valence-corrected chi connectivity index (χ1v) is 9.04. The third kappa shape index (κ3) is 3.88. The molecule has 2 amide bonds. The summed E-state index contributed by atoms with van der Waals surface area (Å²) >= 11 is 0. The molecule has 0 radical (unpaired) electrons. The number of pyridine rings is 1. The summed E-state index contributed by atoms with van der Waals surface area (Å²) in [7, 11) is 0. The van der Waals surface area contributed by atoms with Crippen LogP contribution in [0.4, 0.5) is 13.2 Å². The predicted octanol–water partition coefficient (Wildman–Crippen LogP) is 2.72. The van der Waals surface area contributed by atoms with Crippen molar-refractivity contribution < 1.29 is 27.5 Å². The van der Waals surface area contributed by atoms with E-state index in [1.54, 1.807) is 4.90 Å². The molecular weight excluding hydrogens is 375 g/mol. The molecule has 2 aliphatic rings. The van der Waals surface area contributed by atoms with Crippen molar-refractivity contribution >= 4 is 22.7 Å². The minimum atomic E-state index is -3.15. The average Bonchev–Trinajstić information content (AvgIpc) is 3.41. The van der Waals surface area contributed by atoms with Crippen molar-refractivity contribution in [2.45, 2.75) is 31.9 Å². The van der Waals surface area contributed by atoms with Gasteiger partial charge in [-0.2, -0.15) is 8.78 Å². The molecule has 1 aromatic carbocycles. The van der Waals surface area contributed by atoms with E-state index in [1.165, 1.54) is 12.3 Å². The SMILES string of the molecule is O=C(N[C@H]1CCN(CC2CC2)C1=O)c1cnc2cc(OC(F)F)c(F)cc2c1. The van der Waals surface area contributed by atoms with Gasteiger partial charge in [-0.25, -0.2) is 4.39 Å². The van der Waals surface area contributed by atoms with Gasteiger partial charge in [0.2, 0.25) is 5.91 Å². The number of nitrogens with one attached hydrogen (secondary N) is 1. The molecule has 1 aromatic heterocycles. The fourth-order valence-electron chi connectivity index (χ4n) is 3.35. The highest BCUT2D eigenvalue weighted by Gasteiger charge is 2.36. The summed E-state index contributed by atoms with van der Waals surface area (Å²) in [6, 6.07) is 2.85. The number of fused-ring (bicyclic) bond motifs is 1. The summed E-state index contributed by atoms with van der Waals surface area (Å²) < 4.78 is 42.6. The number of ether oxygens (including phenoxy) is 1. The van der Waals surface area contributed by atoms with Gasteiger partial charge in [0.15, 0.2) is 11.6 Å². The van der Waals surface area contributed by atoms with Crippen LogP contribution in [0.2, 0.25) is 0 Å². The second-order valence-electron chi connectivity index (χ2n) is 7.12. The first kappa shape index (κ1) is 18.5. The molecule has 9 heteroatoms. The summed E-state index contributed by atoms with van der Waals surface area (Å²) in [5, 5.41) is 2.96. The number of hydrogen-bond donors (Lipinski definition) is 1. The van der Waals surface area contributed by atoms with E-state index in [2.05, 4.69) is 15.0 Å². The van der Waals surface area contributed by atoms with Gasteiger partial charge in [0.05, 0.1) is 11.1 Å². The van der Waals surface area contributed by atoms with Gasteiger partial charge < -0.3 is 15.0 Å². The van der Waals surface area contributed by atoms with Gasteiger partial charge in [0, 0.05) is 30.7 Å². The maximum atomic E-state index is 13.9. The summed E-state index contributed by atoms with van der Waals surface area (Å²) in [4.78, 5) is 30.7. The zero-order chi connectivity index (χ0) is 19.8. The van der Waals surface area contributed by atoms with Crippen LogP contribution in [0.1, 0.15) is 29.6 Å². The van der Waals surface area contributed by atoms with Gasteiger partial charge in [-0.15, -0.1) is 0 Å². The van der Waals surface area contributed by atoms with E-state index in [1.807, 2.05) is 0 Å². The minimum absolute atomic E-state index is 0.0890. The number of hydrogen-bond acceptors (Lipinski definition) is 4. The Morgan fingerprint density at radius 2 is 2.07 bits per heavy atom. The van der Waals surface area contributed by atoms with Crippen molar-refractivity contribution in [3.63, 3.8) is 0 Å². The number of aromatic nitrogens is 1. The fourth-order valence-corrected chi connectivity index (χ4v) is 3.35. The molecule has 2 heterocycles. The van der Waals surface area contributed by atoms with Gasteiger partial charge in [-0.3, -0.25) is 14.6 Å². The maximum Gasteiger partial charge on any atom is 0.387 e. The normalized spacial score (nSPS) is 19.5. The minimum Gasteiger partial charge on any atom is -0.432 e. The Balaban J connectivity index is 1.47. The second kappa shape index (κ2) is 7.29. The van der Waals surface area contributed by atoms with Crippen molar-refractivity contribution in [3.05, 3.63) is 35.8 Å². The third-order valence-corrected chi connectivity index (χ3v) is 4.99. The van der Waals surface area contributed by atoms with Crippen LogP contribution in [0.5, 0.6) is 5.75 Å². The molecule has 0 bridgehead atoms. The van der Waals surface area contributed by atoms with E-state index in [0.29, 0.717) is 18.9 Å². The van der Waals surface area contributed by atoms with E-state index in [4.69, 9.17) is 0 Å². The summed E-state index contributed by atoms with van der Waals surface area (Å²) in [5.41, 5.74) is 0.365. The van der Waals surface area contributed by atoms with E-state index in [0.717, 1.165) is 31.5 Å². The predicted molar refractivity (Wildman–Crippen MR) is 93.5 cm³/mol. The average molecular weight is 393 g/mol. The summed E-state index contributed by atoms with van der Waals surface area (Å²) in [6.07, 6.45) is 4.08. The van der Waals surface area contributed by atoms with Crippen LogP contribution >= 0.6 is 0 Å². The topological polar surface area (TPSA) is 71.5 Å². The van der Waals surface area contributed by atoms with Crippen molar-refractivity contribution in [1.82, 2.24) is 15.2 Å². The molecule has 4 rings (SSSR count). The maximum absolute atomic E-state index is 13.9. The first-order valence-electron chi connectivity index (χ1n) is 9.04. The molecule has 28 heavy (non-hydrogen) atoms. The summed E-state index contributed by atoms with van der Waals surface area (Å²) in [6.45, 7) is -1.79.